The van der Waals surface area contributed by atoms with Crippen molar-refractivity contribution in [1.29, 1.82) is 0 Å². The minimum atomic E-state index is -0.179. The molecular formula is C20H32N6O2. The summed E-state index contributed by atoms with van der Waals surface area (Å²) in [6.07, 6.45) is 4.37. The van der Waals surface area contributed by atoms with E-state index in [1.54, 1.807) is 13.1 Å². The lowest BCUT2D eigenvalue weighted by atomic mass is 10.1. The SMILES string of the molecule is CN=C(NCCCNC(=O)c1occc1C)N(C)Cc1cn(C)nc1C(C)C. The van der Waals surface area contributed by atoms with Gasteiger partial charge in [-0.15, -0.1) is 0 Å². The molecule has 1 amide bonds. The van der Waals surface area contributed by atoms with Gasteiger partial charge < -0.3 is 20.0 Å². The van der Waals surface area contributed by atoms with Gasteiger partial charge in [0.05, 0.1) is 12.0 Å². The number of aryl methyl sites for hydroxylation is 2. The molecule has 0 saturated heterocycles. The van der Waals surface area contributed by atoms with Crippen molar-refractivity contribution in [3.8, 4) is 0 Å². The lowest BCUT2D eigenvalue weighted by molar-refractivity contribution is 0.0925. The van der Waals surface area contributed by atoms with Gasteiger partial charge in [0.25, 0.3) is 5.91 Å². The fourth-order valence-corrected chi connectivity index (χ4v) is 3.05. The molecule has 0 atom stereocenters. The first kappa shape index (κ1) is 21.5. The fraction of sp³-hybridized carbons (Fsp3) is 0.550. The highest BCUT2D eigenvalue weighted by Gasteiger charge is 2.15. The number of amides is 1. The van der Waals surface area contributed by atoms with Crippen LogP contribution < -0.4 is 10.6 Å². The summed E-state index contributed by atoms with van der Waals surface area (Å²) in [5, 5.41) is 10.8. The Hall–Kier alpha value is -2.77. The van der Waals surface area contributed by atoms with Crippen molar-refractivity contribution in [1.82, 2.24) is 25.3 Å². The van der Waals surface area contributed by atoms with E-state index in [-0.39, 0.29) is 5.91 Å². The lowest BCUT2D eigenvalue weighted by Gasteiger charge is -2.22. The Bertz CT molecular complexity index is 805. The van der Waals surface area contributed by atoms with Crippen LogP contribution in [-0.4, -0.2) is 53.7 Å². The van der Waals surface area contributed by atoms with E-state index in [0.29, 0.717) is 24.8 Å². The van der Waals surface area contributed by atoms with Gasteiger partial charge in [-0.1, -0.05) is 13.8 Å². The maximum atomic E-state index is 12.0. The number of carbonyl (C=O) groups excluding carboxylic acids is 1. The molecule has 8 nitrogen and oxygen atoms in total. The highest BCUT2D eigenvalue weighted by Crippen LogP contribution is 2.18. The smallest absolute Gasteiger partial charge is 0.287 e. The molecule has 154 valence electrons. The zero-order chi connectivity index (χ0) is 20.7. The van der Waals surface area contributed by atoms with Crippen LogP contribution in [0.3, 0.4) is 0 Å². The quantitative estimate of drug-likeness (QED) is 0.411. The van der Waals surface area contributed by atoms with Crippen molar-refractivity contribution in [3.63, 3.8) is 0 Å². The molecule has 0 saturated carbocycles. The minimum absolute atomic E-state index is 0.179. The summed E-state index contributed by atoms with van der Waals surface area (Å²) in [6.45, 7) is 8.16. The Balaban J connectivity index is 1.78. The summed E-state index contributed by atoms with van der Waals surface area (Å²) in [7, 11) is 5.72. The molecule has 8 heteroatoms. The highest BCUT2D eigenvalue weighted by atomic mass is 16.3. The molecule has 0 unspecified atom stereocenters. The number of hydrogen-bond acceptors (Lipinski definition) is 4. The lowest BCUT2D eigenvalue weighted by Crippen LogP contribution is -2.39. The minimum Gasteiger partial charge on any atom is -0.459 e. The van der Waals surface area contributed by atoms with Gasteiger partial charge >= 0.3 is 0 Å². The Morgan fingerprint density at radius 3 is 2.68 bits per heavy atom. The second-order valence-corrected chi connectivity index (χ2v) is 7.24. The average Bonchev–Trinajstić information content (AvgIpc) is 3.23. The molecule has 2 heterocycles. The number of hydrogen-bond donors (Lipinski definition) is 2. The largest absolute Gasteiger partial charge is 0.459 e. The van der Waals surface area contributed by atoms with E-state index in [1.165, 1.54) is 11.8 Å². The molecule has 0 aliphatic heterocycles. The summed E-state index contributed by atoms with van der Waals surface area (Å²) >= 11 is 0. The summed E-state index contributed by atoms with van der Waals surface area (Å²) < 4.78 is 7.05. The average molecular weight is 389 g/mol. The van der Waals surface area contributed by atoms with E-state index in [2.05, 4.69) is 45.7 Å². The maximum absolute atomic E-state index is 12.0. The van der Waals surface area contributed by atoms with Crippen molar-refractivity contribution in [3.05, 3.63) is 41.1 Å². The normalized spacial score (nSPS) is 11.8. The molecule has 28 heavy (non-hydrogen) atoms. The zero-order valence-corrected chi connectivity index (χ0v) is 17.7. The van der Waals surface area contributed by atoms with Crippen LogP contribution in [0.1, 0.15) is 53.6 Å². The van der Waals surface area contributed by atoms with E-state index >= 15 is 0 Å². The van der Waals surface area contributed by atoms with Crippen LogP contribution in [-0.2, 0) is 13.6 Å². The summed E-state index contributed by atoms with van der Waals surface area (Å²) in [6, 6.07) is 1.78. The number of aliphatic imine (C=N–C) groups is 1. The predicted molar refractivity (Wildman–Crippen MR) is 111 cm³/mol. The number of guanidine groups is 1. The van der Waals surface area contributed by atoms with Crippen molar-refractivity contribution < 1.29 is 9.21 Å². The fourth-order valence-electron chi connectivity index (χ4n) is 3.05. The molecule has 2 aromatic heterocycles. The van der Waals surface area contributed by atoms with Crippen LogP contribution in [0, 0.1) is 6.92 Å². The van der Waals surface area contributed by atoms with Gasteiger partial charge in [0.15, 0.2) is 11.7 Å². The Morgan fingerprint density at radius 1 is 1.36 bits per heavy atom. The first-order valence-electron chi connectivity index (χ1n) is 9.60. The third-order valence-electron chi connectivity index (χ3n) is 4.46. The van der Waals surface area contributed by atoms with Gasteiger partial charge in [-0.05, 0) is 25.3 Å². The maximum Gasteiger partial charge on any atom is 0.287 e. The van der Waals surface area contributed by atoms with Crippen LogP contribution >= 0.6 is 0 Å². The highest BCUT2D eigenvalue weighted by molar-refractivity contribution is 5.92. The molecule has 0 aliphatic carbocycles. The summed E-state index contributed by atoms with van der Waals surface area (Å²) in [4.78, 5) is 18.4. The Morgan fingerprint density at radius 2 is 2.07 bits per heavy atom. The third-order valence-corrected chi connectivity index (χ3v) is 4.46. The van der Waals surface area contributed by atoms with Crippen LogP contribution in [0.25, 0.3) is 0 Å². The van der Waals surface area contributed by atoms with Crippen molar-refractivity contribution >= 4 is 11.9 Å². The first-order chi connectivity index (χ1) is 13.3. The van der Waals surface area contributed by atoms with E-state index in [4.69, 9.17) is 4.42 Å². The summed E-state index contributed by atoms with van der Waals surface area (Å²) in [5.74, 6) is 1.38. The Kier molecular flexibility index (Phi) is 7.66. The first-order valence-corrected chi connectivity index (χ1v) is 9.60. The van der Waals surface area contributed by atoms with Crippen molar-refractivity contribution in [2.75, 3.05) is 27.2 Å². The van der Waals surface area contributed by atoms with Gasteiger partial charge in [-0.3, -0.25) is 14.5 Å². The molecule has 0 radical (unpaired) electrons. The van der Waals surface area contributed by atoms with Crippen LogP contribution in [0.15, 0.2) is 27.9 Å². The molecular weight excluding hydrogens is 356 g/mol. The van der Waals surface area contributed by atoms with Crippen LogP contribution in [0.4, 0.5) is 0 Å². The summed E-state index contributed by atoms with van der Waals surface area (Å²) in [5.41, 5.74) is 3.15. The third kappa shape index (κ3) is 5.61. The van der Waals surface area contributed by atoms with Crippen molar-refractivity contribution in [2.24, 2.45) is 12.0 Å². The molecule has 0 aromatic carbocycles. The molecule has 0 aliphatic rings. The molecule has 2 rings (SSSR count). The van der Waals surface area contributed by atoms with Crippen LogP contribution in [0.5, 0.6) is 0 Å². The number of rotatable bonds is 8. The second kappa shape index (κ2) is 9.96. The Labute approximate surface area is 167 Å². The van der Waals surface area contributed by atoms with E-state index in [9.17, 15) is 4.79 Å². The number of aromatic nitrogens is 2. The molecule has 2 N–H and O–H groups in total. The van der Waals surface area contributed by atoms with E-state index in [1.807, 2.05) is 25.7 Å². The van der Waals surface area contributed by atoms with Crippen molar-refractivity contribution in [2.45, 2.75) is 39.7 Å². The van der Waals surface area contributed by atoms with Gasteiger partial charge in [0, 0.05) is 58.1 Å². The molecule has 2 aromatic rings. The van der Waals surface area contributed by atoms with Gasteiger partial charge in [-0.2, -0.15) is 5.10 Å². The predicted octanol–water partition coefficient (Wildman–Crippen LogP) is 2.27. The topological polar surface area (TPSA) is 87.7 Å². The van der Waals surface area contributed by atoms with E-state index in [0.717, 1.165) is 30.2 Å². The number of furan rings is 1. The standard InChI is InChI=1S/C20H32N6O2/c1-14(2)17-16(13-26(6)24-17)12-25(5)20(21-4)23-10-7-9-22-19(27)18-15(3)8-11-28-18/h8,11,13-14H,7,9-10,12H2,1-6H3,(H,21,23)(H,22,27). The molecule has 0 bridgehead atoms. The van der Waals surface area contributed by atoms with Gasteiger partial charge in [0.1, 0.15) is 0 Å². The number of nitrogens with one attached hydrogen (secondary N) is 2. The number of carbonyl (C=O) groups is 1. The van der Waals surface area contributed by atoms with Gasteiger partial charge in [-0.25, -0.2) is 0 Å². The van der Waals surface area contributed by atoms with E-state index < -0.39 is 0 Å². The molecule has 0 spiro atoms. The second-order valence-electron chi connectivity index (χ2n) is 7.24. The number of nitrogens with zero attached hydrogens (tertiary/aromatic N) is 4. The monoisotopic (exact) mass is 388 g/mol. The molecule has 0 fully saturated rings. The zero-order valence-electron chi connectivity index (χ0n) is 17.7. The van der Waals surface area contributed by atoms with Gasteiger partial charge in [0.2, 0.25) is 0 Å². The van der Waals surface area contributed by atoms with Crippen LogP contribution in [0.2, 0.25) is 0 Å².